The van der Waals surface area contributed by atoms with Gasteiger partial charge in [-0.2, -0.15) is 0 Å². The van der Waals surface area contributed by atoms with Crippen LogP contribution in [0.2, 0.25) is 0 Å². The summed E-state index contributed by atoms with van der Waals surface area (Å²) < 4.78 is 2.42. The van der Waals surface area contributed by atoms with E-state index in [0.717, 1.165) is 5.65 Å². The molecule has 7 aromatic rings. The van der Waals surface area contributed by atoms with Gasteiger partial charge in [-0.15, -0.1) is 0 Å². The minimum Gasteiger partial charge on any atom is -0.292 e. The van der Waals surface area contributed by atoms with E-state index in [1.807, 2.05) is 0 Å². The van der Waals surface area contributed by atoms with Crippen molar-refractivity contribution in [3.05, 3.63) is 108 Å². The van der Waals surface area contributed by atoms with E-state index in [4.69, 9.17) is 4.98 Å². The molecule has 0 bridgehead atoms. The highest BCUT2D eigenvalue weighted by Gasteiger charge is 2.21. The van der Waals surface area contributed by atoms with E-state index >= 15 is 0 Å². The van der Waals surface area contributed by atoms with Gasteiger partial charge in [-0.1, -0.05) is 100 Å². The number of hydrogen-bond donors (Lipinski definition) is 0. The van der Waals surface area contributed by atoms with Crippen molar-refractivity contribution < 1.29 is 0 Å². The number of aromatic nitrogens is 2. The standard InChI is InChI=1S/C35H30N2/c1-21(2)26-14-9-15-27(22(3)4)33(26)32-20-36-35-29-13-8-7-12-28(29)34-30-19-24-11-6-5-10-23(24)18-25(30)16-17-31(34)37(32)35/h5-22H,1-4H3. The second-order valence-electron chi connectivity index (χ2n) is 10.8. The lowest BCUT2D eigenvalue weighted by atomic mass is 9.87. The zero-order valence-electron chi connectivity index (χ0n) is 21.8. The molecule has 0 fully saturated rings. The Bertz CT molecular complexity index is 1960. The van der Waals surface area contributed by atoms with Crippen LogP contribution in [0.4, 0.5) is 0 Å². The minimum absolute atomic E-state index is 0.415. The molecule has 37 heavy (non-hydrogen) atoms. The average molecular weight is 479 g/mol. The Hall–Kier alpha value is -4.17. The van der Waals surface area contributed by atoms with Crippen molar-refractivity contribution in [1.82, 2.24) is 9.38 Å². The van der Waals surface area contributed by atoms with Gasteiger partial charge in [-0.05, 0) is 68.1 Å². The number of pyridine rings is 1. The van der Waals surface area contributed by atoms with Gasteiger partial charge in [0.25, 0.3) is 0 Å². The predicted octanol–water partition coefficient (Wildman–Crippen LogP) is 9.86. The van der Waals surface area contributed by atoms with E-state index in [-0.39, 0.29) is 0 Å². The van der Waals surface area contributed by atoms with Gasteiger partial charge in [0, 0.05) is 16.3 Å². The first-order valence-electron chi connectivity index (χ1n) is 13.3. The van der Waals surface area contributed by atoms with E-state index in [9.17, 15) is 0 Å². The van der Waals surface area contributed by atoms with Crippen molar-refractivity contribution in [2.24, 2.45) is 0 Å². The third kappa shape index (κ3) is 3.22. The van der Waals surface area contributed by atoms with Crippen LogP contribution in [0, 0.1) is 0 Å². The summed E-state index contributed by atoms with van der Waals surface area (Å²) in [6.07, 6.45) is 2.10. The molecule has 0 spiro atoms. The molecule has 2 nitrogen and oxygen atoms in total. The fourth-order valence-electron chi connectivity index (χ4n) is 6.18. The molecule has 2 heteroatoms. The van der Waals surface area contributed by atoms with Crippen LogP contribution in [0.25, 0.3) is 60.1 Å². The van der Waals surface area contributed by atoms with Crippen molar-refractivity contribution in [3.8, 4) is 11.3 Å². The van der Waals surface area contributed by atoms with Gasteiger partial charge < -0.3 is 0 Å². The molecule has 0 saturated heterocycles. The van der Waals surface area contributed by atoms with Crippen LogP contribution in [0.3, 0.4) is 0 Å². The number of fused-ring (bicyclic) bond motifs is 9. The van der Waals surface area contributed by atoms with Gasteiger partial charge in [0.05, 0.1) is 17.4 Å². The Morgan fingerprint density at radius 2 is 1.24 bits per heavy atom. The molecule has 0 saturated carbocycles. The summed E-state index contributed by atoms with van der Waals surface area (Å²) in [4.78, 5) is 5.07. The zero-order chi connectivity index (χ0) is 25.3. The van der Waals surface area contributed by atoms with E-state index in [1.54, 1.807) is 0 Å². The maximum Gasteiger partial charge on any atom is 0.145 e. The molecule has 7 rings (SSSR count). The molecule has 2 aromatic heterocycles. The normalized spacial score (nSPS) is 12.3. The summed E-state index contributed by atoms with van der Waals surface area (Å²) in [5, 5.41) is 8.83. The topological polar surface area (TPSA) is 17.3 Å². The van der Waals surface area contributed by atoms with Gasteiger partial charge in [-0.25, -0.2) is 4.98 Å². The summed E-state index contributed by atoms with van der Waals surface area (Å²) in [6, 6.07) is 33.4. The molecule has 2 heterocycles. The summed E-state index contributed by atoms with van der Waals surface area (Å²) in [7, 11) is 0. The Morgan fingerprint density at radius 1 is 0.595 bits per heavy atom. The van der Waals surface area contributed by atoms with E-state index in [1.165, 1.54) is 65.6 Å². The molecule has 0 radical (unpaired) electrons. The lowest BCUT2D eigenvalue weighted by Gasteiger charge is -2.20. The first-order valence-corrected chi connectivity index (χ1v) is 13.3. The van der Waals surface area contributed by atoms with Crippen molar-refractivity contribution in [2.45, 2.75) is 39.5 Å². The molecule has 0 aliphatic rings. The molecular formula is C35H30N2. The monoisotopic (exact) mass is 478 g/mol. The molecule has 0 amide bonds. The highest BCUT2D eigenvalue weighted by atomic mass is 15.0. The minimum atomic E-state index is 0.415. The fourth-order valence-corrected chi connectivity index (χ4v) is 6.18. The third-order valence-corrected chi connectivity index (χ3v) is 7.93. The van der Waals surface area contributed by atoms with Gasteiger partial charge in [0.15, 0.2) is 0 Å². The van der Waals surface area contributed by atoms with Crippen LogP contribution in [0.5, 0.6) is 0 Å². The highest BCUT2D eigenvalue weighted by molar-refractivity contribution is 6.23. The van der Waals surface area contributed by atoms with Crippen LogP contribution < -0.4 is 0 Å². The van der Waals surface area contributed by atoms with Gasteiger partial charge in [0.2, 0.25) is 0 Å². The predicted molar refractivity (Wildman–Crippen MR) is 159 cm³/mol. The van der Waals surface area contributed by atoms with Gasteiger partial charge >= 0.3 is 0 Å². The summed E-state index contributed by atoms with van der Waals surface area (Å²) >= 11 is 0. The van der Waals surface area contributed by atoms with Crippen molar-refractivity contribution in [1.29, 1.82) is 0 Å². The Balaban J connectivity index is 1.72. The number of imidazole rings is 1. The number of nitrogens with zero attached hydrogens (tertiary/aromatic N) is 2. The summed E-state index contributed by atoms with van der Waals surface area (Å²) in [6.45, 7) is 9.16. The average Bonchev–Trinajstić information content (AvgIpc) is 3.36. The molecule has 0 N–H and O–H groups in total. The van der Waals surface area contributed by atoms with Gasteiger partial charge in [0.1, 0.15) is 5.65 Å². The summed E-state index contributed by atoms with van der Waals surface area (Å²) in [5.41, 5.74) is 7.49. The fraction of sp³-hybridized carbons (Fsp3) is 0.171. The van der Waals surface area contributed by atoms with E-state index in [2.05, 4.69) is 129 Å². The quantitative estimate of drug-likeness (QED) is 0.182. The molecule has 0 aliphatic carbocycles. The van der Waals surface area contributed by atoms with E-state index in [0.29, 0.717) is 11.8 Å². The zero-order valence-corrected chi connectivity index (χ0v) is 21.8. The second kappa shape index (κ2) is 8.18. The summed E-state index contributed by atoms with van der Waals surface area (Å²) in [5.74, 6) is 0.830. The maximum atomic E-state index is 5.07. The second-order valence-corrected chi connectivity index (χ2v) is 10.8. The Kier molecular flexibility index (Phi) is 4.87. The smallest absolute Gasteiger partial charge is 0.145 e. The van der Waals surface area contributed by atoms with Crippen molar-refractivity contribution >= 4 is 48.9 Å². The lowest BCUT2D eigenvalue weighted by molar-refractivity contribution is 0.836. The van der Waals surface area contributed by atoms with Crippen LogP contribution in [-0.4, -0.2) is 9.38 Å². The van der Waals surface area contributed by atoms with Crippen LogP contribution in [0.15, 0.2) is 97.2 Å². The first kappa shape index (κ1) is 22.1. The molecular weight excluding hydrogens is 448 g/mol. The molecule has 0 aliphatic heterocycles. The molecule has 5 aromatic carbocycles. The lowest BCUT2D eigenvalue weighted by Crippen LogP contribution is -2.02. The van der Waals surface area contributed by atoms with E-state index < -0.39 is 0 Å². The highest BCUT2D eigenvalue weighted by Crippen LogP contribution is 2.41. The third-order valence-electron chi connectivity index (χ3n) is 7.93. The number of rotatable bonds is 3. The van der Waals surface area contributed by atoms with Crippen LogP contribution in [0.1, 0.15) is 50.7 Å². The Morgan fingerprint density at radius 3 is 1.95 bits per heavy atom. The Labute approximate surface area is 217 Å². The van der Waals surface area contributed by atoms with Crippen molar-refractivity contribution in [3.63, 3.8) is 0 Å². The van der Waals surface area contributed by atoms with Crippen molar-refractivity contribution in [2.75, 3.05) is 0 Å². The number of hydrogen-bond acceptors (Lipinski definition) is 1. The van der Waals surface area contributed by atoms with Crippen LogP contribution in [-0.2, 0) is 0 Å². The molecule has 180 valence electrons. The first-order chi connectivity index (χ1) is 18.0. The maximum absolute atomic E-state index is 5.07. The molecule has 0 unspecified atom stereocenters. The van der Waals surface area contributed by atoms with Crippen LogP contribution >= 0.6 is 0 Å². The van der Waals surface area contributed by atoms with Gasteiger partial charge in [-0.3, -0.25) is 4.40 Å². The SMILES string of the molecule is CC(C)c1cccc(C(C)C)c1-c1cnc2c3ccccc3c3c4cc5ccccc5cc4ccc3n12. The largest absolute Gasteiger partial charge is 0.292 e. The molecule has 0 atom stereocenters. The number of benzene rings is 5.